The summed E-state index contributed by atoms with van der Waals surface area (Å²) in [4.78, 5) is 49.8. The average Bonchev–Trinajstić information content (AvgIpc) is 2.99. The molecule has 0 spiro atoms. The summed E-state index contributed by atoms with van der Waals surface area (Å²) >= 11 is 7.13. The van der Waals surface area contributed by atoms with Crippen LogP contribution >= 0.6 is 31.9 Å². The molecule has 1 saturated heterocycles. The van der Waals surface area contributed by atoms with E-state index >= 15 is 0 Å². The number of halogens is 2. The molecule has 4 atom stereocenters. The Bertz CT molecular complexity index is 1050. The quantitative estimate of drug-likeness (QED) is 0.140. The van der Waals surface area contributed by atoms with Crippen LogP contribution in [0.4, 0.5) is 11.4 Å². The zero-order valence-corrected chi connectivity index (χ0v) is 19.1. The fraction of sp³-hybridized carbons (Fsp3) is 0.286. The SMILES string of the molecule is O=C(Oc1ccc(N2C(=O)C3CC(Br)C(Br)CC3C2=O)cc1)c1cccc([N+](=O)[O-])c1. The third-order valence-electron chi connectivity index (χ3n) is 5.51. The van der Waals surface area contributed by atoms with Crippen molar-refractivity contribution in [2.24, 2.45) is 11.8 Å². The maximum Gasteiger partial charge on any atom is 0.343 e. The first-order chi connectivity index (χ1) is 14.8. The highest BCUT2D eigenvalue weighted by atomic mass is 79.9. The van der Waals surface area contributed by atoms with E-state index in [9.17, 15) is 24.5 Å². The molecule has 2 fully saturated rings. The summed E-state index contributed by atoms with van der Waals surface area (Å²) in [7, 11) is 0. The standard InChI is InChI=1S/C21H16Br2N2O6/c22-17-9-15-16(10-18(17)23)20(27)24(19(15)26)12-4-6-14(7-5-12)31-21(28)11-2-1-3-13(8-11)25(29)30/h1-8,15-18H,9-10H2. The number of fused-ring (bicyclic) bond motifs is 1. The number of hydrogen-bond donors (Lipinski definition) is 0. The van der Waals surface area contributed by atoms with E-state index in [0.29, 0.717) is 18.5 Å². The number of imide groups is 1. The third-order valence-corrected chi connectivity index (χ3v) is 8.24. The smallest absolute Gasteiger partial charge is 0.343 e. The Morgan fingerprint density at radius 3 is 2.13 bits per heavy atom. The maximum absolute atomic E-state index is 12.9. The Labute approximate surface area is 194 Å². The summed E-state index contributed by atoms with van der Waals surface area (Å²) in [6.45, 7) is 0. The molecule has 2 aliphatic rings. The summed E-state index contributed by atoms with van der Waals surface area (Å²) in [5, 5.41) is 10.9. The van der Waals surface area contributed by atoms with Gasteiger partial charge in [-0.2, -0.15) is 0 Å². The molecule has 4 unspecified atom stereocenters. The summed E-state index contributed by atoms with van der Waals surface area (Å²) in [5.41, 5.74) is 0.242. The summed E-state index contributed by atoms with van der Waals surface area (Å²) in [5.74, 6) is -1.70. The second-order valence-corrected chi connectivity index (χ2v) is 9.77. The van der Waals surface area contributed by atoms with Crippen molar-refractivity contribution in [3.63, 3.8) is 0 Å². The molecule has 2 aromatic carbocycles. The van der Waals surface area contributed by atoms with Crippen molar-refractivity contribution < 1.29 is 24.0 Å². The number of nitro groups is 1. The summed E-state index contributed by atoms with van der Waals surface area (Å²) in [6, 6.07) is 11.3. The molecule has 0 bridgehead atoms. The fourth-order valence-electron chi connectivity index (χ4n) is 3.93. The number of esters is 1. The van der Waals surface area contributed by atoms with E-state index in [-0.39, 0.29) is 50.3 Å². The Balaban J connectivity index is 1.49. The number of benzene rings is 2. The highest BCUT2D eigenvalue weighted by Gasteiger charge is 2.52. The topological polar surface area (TPSA) is 107 Å². The highest BCUT2D eigenvalue weighted by Crippen LogP contribution is 2.44. The molecular formula is C21H16Br2N2O6. The zero-order chi connectivity index (χ0) is 22.3. The highest BCUT2D eigenvalue weighted by molar-refractivity contribution is 9.12. The minimum atomic E-state index is -0.748. The van der Waals surface area contributed by atoms with Crippen molar-refractivity contribution in [3.05, 3.63) is 64.2 Å². The number of carbonyl (C=O) groups excluding carboxylic acids is 3. The Hall–Kier alpha value is -2.59. The average molecular weight is 552 g/mol. The first kappa shape index (κ1) is 21.6. The van der Waals surface area contributed by atoms with E-state index in [1.54, 1.807) is 12.1 Å². The molecule has 4 rings (SSSR count). The molecule has 1 aliphatic heterocycles. The van der Waals surface area contributed by atoms with Crippen LogP contribution in [0.25, 0.3) is 0 Å². The lowest BCUT2D eigenvalue weighted by atomic mass is 9.81. The molecule has 8 nitrogen and oxygen atoms in total. The lowest BCUT2D eigenvalue weighted by Crippen LogP contribution is -2.34. The molecule has 31 heavy (non-hydrogen) atoms. The number of carbonyl (C=O) groups is 3. The van der Waals surface area contributed by atoms with Crippen LogP contribution in [0, 0.1) is 22.0 Å². The van der Waals surface area contributed by atoms with Gasteiger partial charge in [-0.1, -0.05) is 37.9 Å². The van der Waals surface area contributed by atoms with E-state index in [1.165, 1.54) is 35.2 Å². The number of anilines is 1. The van der Waals surface area contributed by atoms with Gasteiger partial charge in [0.1, 0.15) is 5.75 Å². The van der Waals surface area contributed by atoms with Gasteiger partial charge in [-0.15, -0.1) is 0 Å². The number of non-ortho nitro benzene ring substituents is 1. The largest absolute Gasteiger partial charge is 0.423 e. The lowest BCUT2D eigenvalue weighted by molar-refractivity contribution is -0.384. The van der Waals surface area contributed by atoms with Crippen LogP contribution in [0.2, 0.25) is 0 Å². The van der Waals surface area contributed by atoms with Gasteiger partial charge in [0.25, 0.3) is 5.69 Å². The number of nitrogens with zero attached hydrogens (tertiary/aromatic N) is 2. The minimum absolute atomic E-state index is 0.0425. The van der Waals surface area contributed by atoms with Gasteiger partial charge in [-0.25, -0.2) is 4.79 Å². The van der Waals surface area contributed by atoms with Crippen LogP contribution in [-0.2, 0) is 9.59 Å². The molecule has 0 N–H and O–H groups in total. The Morgan fingerprint density at radius 2 is 1.58 bits per heavy atom. The van der Waals surface area contributed by atoms with Crippen LogP contribution in [0.1, 0.15) is 23.2 Å². The number of hydrogen-bond acceptors (Lipinski definition) is 6. The first-order valence-corrected chi connectivity index (χ1v) is 11.3. The van der Waals surface area contributed by atoms with E-state index in [4.69, 9.17) is 4.74 Å². The maximum atomic E-state index is 12.9. The molecular weight excluding hydrogens is 536 g/mol. The van der Waals surface area contributed by atoms with E-state index in [1.807, 2.05) is 0 Å². The molecule has 10 heteroatoms. The minimum Gasteiger partial charge on any atom is -0.423 e. The van der Waals surface area contributed by atoms with Gasteiger partial charge in [0.2, 0.25) is 11.8 Å². The van der Waals surface area contributed by atoms with Crippen molar-refractivity contribution in [2.75, 3.05) is 4.90 Å². The molecule has 0 aromatic heterocycles. The van der Waals surface area contributed by atoms with Crippen LogP contribution in [0.15, 0.2) is 48.5 Å². The van der Waals surface area contributed by atoms with Crippen molar-refractivity contribution in [3.8, 4) is 5.75 Å². The molecule has 2 amide bonds. The molecule has 1 heterocycles. The van der Waals surface area contributed by atoms with Crippen LogP contribution < -0.4 is 9.64 Å². The van der Waals surface area contributed by atoms with Gasteiger partial charge in [0.05, 0.1) is 28.0 Å². The molecule has 1 saturated carbocycles. The second-order valence-electron chi connectivity index (χ2n) is 7.42. The first-order valence-electron chi connectivity index (χ1n) is 9.49. The molecule has 2 aromatic rings. The van der Waals surface area contributed by atoms with Gasteiger partial charge >= 0.3 is 5.97 Å². The van der Waals surface area contributed by atoms with E-state index in [2.05, 4.69) is 31.9 Å². The zero-order valence-electron chi connectivity index (χ0n) is 15.9. The lowest BCUT2D eigenvalue weighted by Gasteiger charge is -2.29. The Morgan fingerprint density at radius 1 is 1.00 bits per heavy atom. The van der Waals surface area contributed by atoms with Gasteiger partial charge in [-0.05, 0) is 43.2 Å². The van der Waals surface area contributed by atoms with Gasteiger partial charge in [0, 0.05) is 21.8 Å². The van der Waals surface area contributed by atoms with Crippen molar-refractivity contribution in [1.82, 2.24) is 0 Å². The summed E-state index contributed by atoms with van der Waals surface area (Å²) in [6.07, 6.45) is 1.17. The second kappa shape index (κ2) is 8.51. The van der Waals surface area contributed by atoms with E-state index < -0.39 is 10.9 Å². The summed E-state index contributed by atoms with van der Waals surface area (Å²) < 4.78 is 5.27. The predicted octanol–water partition coefficient (Wildman–Crippen LogP) is 4.24. The third kappa shape index (κ3) is 4.14. The fourth-order valence-corrected chi connectivity index (χ4v) is 5.16. The molecule has 1 aliphatic carbocycles. The van der Waals surface area contributed by atoms with Crippen LogP contribution in [-0.4, -0.2) is 32.4 Å². The van der Waals surface area contributed by atoms with Gasteiger partial charge < -0.3 is 4.74 Å². The van der Waals surface area contributed by atoms with Crippen molar-refractivity contribution in [1.29, 1.82) is 0 Å². The van der Waals surface area contributed by atoms with Gasteiger partial charge in [0.15, 0.2) is 0 Å². The van der Waals surface area contributed by atoms with Gasteiger partial charge in [-0.3, -0.25) is 24.6 Å². The number of nitro benzene ring substituents is 1. The number of ether oxygens (including phenoxy) is 1. The number of rotatable bonds is 4. The van der Waals surface area contributed by atoms with Crippen LogP contribution in [0.3, 0.4) is 0 Å². The van der Waals surface area contributed by atoms with E-state index in [0.717, 1.165) is 6.07 Å². The monoisotopic (exact) mass is 550 g/mol. The van der Waals surface area contributed by atoms with Crippen molar-refractivity contribution in [2.45, 2.75) is 22.5 Å². The normalized spacial score (nSPS) is 25.3. The van der Waals surface area contributed by atoms with Crippen molar-refractivity contribution >= 4 is 61.0 Å². The number of alkyl halides is 2. The molecule has 160 valence electrons. The Kier molecular flexibility index (Phi) is 5.94. The van der Waals surface area contributed by atoms with Crippen LogP contribution in [0.5, 0.6) is 5.75 Å². The number of amides is 2. The molecule has 0 radical (unpaired) electrons. The predicted molar refractivity (Wildman–Crippen MR) is 119 cm³/mol.